The summed E-state index contributed by atoms with van der Waals surface area (Å²) in [6.45, 7) is -0.0915. The van der Waals surface area contributed by atoms with E-state index in [0.717, 1.165) is 12.8 Å². The van der Waals surface area contributed by atoms with Crippen LogP contribution < -0.4 is 21.3 Å². The Hall–Kier alpha value is -1.89. The number of anilines is 1. The van der Waals surface area contributed by atoms with Crippen molar-refractivity contribution in [1.29, 1.82) is 0 Å². The largest absolute Gasteiger partial charge is 0.435 e. The second kappa shape index (κ2) is 8.25. The second-order valence-corrected chi connectivity index (χ2v) is 3.76. The van der Waals surface area contributed by atoms with Gasteiger partial charge in [-0.2, -0.15) is 8.78 Å². The molecule has 0 amide bonds. The summed E-state index contributed by atoms with van der Waals surface area (Å²) in [6, 6.07) is 6.08. The number of rotatable bonds is 6. The quantitative estimate of drug-likeness (QED) is 0.244. The van der Waals surface area contributed by atoms with E-state index in [1.165, 1.54) is 12.1 Å². The number of ether oxygens (including phenoxy) is 1. The minimum atomic E-state index is -2.82. The fraction of sp³-hybridized carbons (Fsp3) is 0.417. The minimum absolute atomic E-state index is 0.103. The molecular weight excluding hydrogens is 254 g/mol. The summed E-state index contributed by atoms with van der Waals surface area (Å²) in [6.07, 6.45) is 2.01. The number of halogens is 2. The summed E-state index contributed by atoms with van der Waals surface area (Å²) in [5.41, 5.74) is 3.12. The van der Waals surface area contributed by atoms with Crippen molar-refractivity contribution in [3.63, 3.8) is 0 Å². The fourth-order valence-corrected chi connectivity index (χ4v) is 1.33. The van der Waals surface area contributed by atoms with Gasteiger partial charge in [0.2, 0.25) is 5.96 Å². The third kappa shape index (κ3) is 6.01. The van der Waals surface area contributed by atoms with Crippen LogP contribution in [0, 0.1) is 0 Å². The van der Waals surface area contributed by atoms with Crippen LogP contribution in [0.25, 0.3) is 0 Å². The monoisotopic (exact) mass is 272 g/mol. The van der Waals surface area contributed by atoms with Crippen LogP contribution in [-0.2, 0) is 0 Å². The predicted molar refractivity (Wildman–Crippen MR) is 71.2 cm³/mol. The molecule has 0 spiro atoms. The zero-order valence-corrected chi connectivity index (χ0v) is 10.7. The van der Waals surface area contributed by atoms with Gasteiger partial charge >= 0.3 is 6.61 Å². The third-order valence-electron chi connectivity index (χ3n) is 2.26. The summed E-state index contributed by atoms with van der Waals surface area (Å²) < 4.78 is 28.2. The van der Waals surface area contributed by atoms with Gasteiger partial charge in [-0.1, -0.05) is 13.3 Å². The van der Waals surface area contributed by atoms with E-state index in [2.05, 4.69) is 27.4 Å². The molecule has 19 heavy (non-hydrogen) atoms. The SMILES string of the molecule is CCCCN=C(NN)Nc1ccc(OC(F)F)cc1. The average molecular weight is 272 g/mol. The number of hydrogen-bond acceptors (Lipinski definition) is 3. The van der Waals surface area contributed by atoms with Crippen molar-refractivity contribution in [3.05, 3.63) is 24.3 Å². The number of benzene rings is 1. The molecule has 0 atom stereocenters. The number of guanidine groups is 1. The van der Waals surface area contributed by atoms with Crippen molar-refractivity contribution in [3.8, 4) is 5.75 Å². The molecule has 0 saturated heterocycles. The smallest absolute Gasteiger partial charge is 0.387 e. The van der Waals surface area contributed by atoms with Gasteiger partial charge in [0.1, 0.15) is 5.75 Å². The fourth-order valence-electron chi connectivity index (χ4n) is 1.33. The van der Waals surface area contributed by atoms with E-state index in [-0.39, 0.29) is 5.75 Å². The summed E-state index contributed by atoms with van der Waals surface area (Å²) >= 11 is 0. The molecule has 106 valence electrons. The van der Waals surface area contributed by atoms with Gasteiger partial charge in [0.25, 0.3) is 0 Å². The molecule has 5 nitrogen and oxygen atoms in total. The highest BCUT2D eigenvalue weighted by molar-refractivity contribution is 5.93. The molecule has 0 aliphatic rings. The minimum Gasteiger partial charge on any atom is -0.435 e. The number of hydrogen-bond donors (Lipinski definition) is 3. The number of hydrazine groups is 1. The maximum atomic E-state index is 12.0. The number of nitrogens with two attached hydrogens (primary N) is 1. The van der Waals surface area contributed by atoms with Crippen LogP contribution >= 0.6 is 0 Å². The molecule has 0 radical (unpaired) electrons. The van der Waals surface area contributed by atoms with Gasteiger partial charge in [-0.25, -0.2) is 5.84 Å². The van der Waals surface area contributed by atoms with Crippen LogP contribution in [0.3, 0.4) is 0 Å². The molecule has 0 fully saturated rings. The third-order valence-corrected chi connectivity index (χ3v) is 2.26. The van der Waals surface area contributed by atoms with Crippen LogP contribution in [0.1, 0.15) is 19.8 Å². The lowest BCUT2D eigenvalue weighted by Crippen LogP contribution is -2.36. The highest BCUT2D eigenvalue weighted by atomic mass is 19.3. The van der Waals surface area contributed by atoms with E-state index >= 15 is 0 Å². The van der Waals surface area contributed by atoms with Crippen LogP contribution in [-0.4, -0.2) is 19.1 Å². The number of nitrogens with one attached hydrogen (secondary N) is 2. The van der Waals surface area contributed by atoms with Crippen LogP contribution in [0.4, 0.5) is 14.5 Å². The van der Waals surface area contributed by atoms with Crippen LogP contribution in [0.15, 0.2) is 29.3 Å². The first-order chi connectivity index (χ1) is 9.15. The van der Waals surface area contributed by atoms with E-state index in [0.29, 0.717) is 18.2 Å². The van der Waals surface area contributed by atoms with Crippen molar-refractivity contribution in [2.24, 2.45) is 10.8 Å². The predicted octanol–water partition coefficient (Wildman–Crippen LogP) is 2.32. The Morgan fingerprint density at radius 2 is 2.05 bits per heavy atom. The molecule has 1 aromatic carbocycles. The van der Waals surface area contributed by atoms with Gasteiger partial charge in [0, 0.05) is 12.2 Å². The zero-order valence-electron chi connectivity index (χ0n) is 10.7. The maximum absolute atomic E-state index is 12.0. The Bertz CT molecular complexity index is 395. The van der Waals surface area contributed by atoms with Gasteiger partial charge in [0.15, 0.2) is 0 Å². The van der Waals surface area contributed by atoms with Gasteiger partial charge < -0.3 is 10.1 Å². The Morgan fingerprint density at radius 3 is 2.58 bits per heavy atom. The maximum Gasteiger partial charge on any atom is 0.387 e. The number of alkyl halides is 2. The molecule has 0 unspecified atom stereocenters. The number of unbranched alkanes of at least 4 members (excludes halogenated alkanes) is 1. The Kier molecular flexibility index (Phi) is 6.59. The first kappa shape index (κ1) is 15.2. The van der Waals surface area contributed by atoms with Crippen molar-refractivity contribution in [2.75, 3.05) is 11.9 Å². The van der Waals surface area contributed by atoms with Crippen LogP contribution in [0.2, 0.25) is 0 Å². The van der Waals surface area contributed by atoms with E-state index in [9.17, 15) is 8.78 Å². The Labute approximate surface area is 110 Å². The van der Waals surface area contributed by atoms with Crippen molar-refractivity contribution in [2.45, 2.75) is 26.4 Å². The lowest BCUT2D eigenvalue weighted by Gasteiger charge is -2.10. The van der Waals surface area contributed by atoms with Crippen molar-refractivity contribution < 1.29 is 13.5 Å². The molecule has 0 heterocycles. The molecule has 7 heteroatoms. The lowest BCUT2D eigenvalue weighted by molar-refractivity contribution is -0.0498. The number of aliphatic imine (C=N–C) groups is 1. The van der Waals surface area contributed by atoms with E-state index in [4.69, 9.17) is 5.84 Å². The van der Waals surface area contributed by atoms with Gasteiger partial charge in [-0.3, -0.25) is 10.4 Å². The van der Waals surface area contributed by atoms with Crippen molar-refractivity contribution >= 4 is 11.6 Å². The van der Waals surface area contributed by atoms with Gasteiger partial charge in [0.05, 0.1) is 0 Å². The normalized spacial score (nSPS) is 11.5. The molecule has 0 aromatic heterocycles. The lowest BCUT2D eigenvalue weighted by atomic mass is 10.3. The zero-order chi connectivity index (χ0) is 14.1. The Morgan fingerprint density at radius 1 is 1.37 bits per heavy atom. The summed E-state index contributed by atoms with van der Waals surface area (Å²) in [5.74, 6) is 5.86. The summed E-state index contributed by atoms with van der Waals surface area (Å²) in [7, 11) is 0. The Balaban J connectivity index is 2.57. The van der Waals surface area contributed by atoms with Crippen molar-refractivity contribution in [1.82, 2.24) is 5.43 Å². The highest BCUT2D eigenvalue weighted by Gasteiger charge is 2.04. The van der Waals surface area contributed by atoms with E-state index in [1.54, 1.807) is 12.1 Å². The molecule has 1 aromatic rings. The summed E-state index contributed by atoms with van der Waals surface area (Å²) in [5, 5.41) is 2.94. The number of nitrogens with zero attached hydrogens (tertiary/aromatic N) is 1. The molecule has 4 N–H and O–H groups in total. The molecular formula is C12H18F2N4O. The van der Waals surface area contributed by atoms with Gasteiger partial charge in [-0.15, -0.1) is 0 Å². The topological polar surface area (TPSA) is 71.7 Å². The first-order valence-electron chi connectivity index (χ1n) is 5.98. The second-order valence-electron chi connectivity index (χ2n) is 3.76. The van der Waals surface area contributed by atoms with E-state index < -0.39 is 6.61 Å². The van der Waals surface area contributed by atoms with Gasteiger partial charge in [-0.05, 0) is 30.7 Å². The van der Waals surface area contributed by atoms with E-state index in [1.807, 2.05) is 0 Å². The first-order valence-corrected chi connectivity index (χ1v) is 5.98. The highest BCUT2D eigenvalue weighted by Crippen LogP contribution is 2.17. The summed E-state index contributed by atoms with van der Waals surface area (Å²) in [4.78, 5) is 4.22. The standard InChI is InChI=1S/C12H18F2N4O/c1-2-3-8-16-12(18-15)17-9-4-6-10(7-5-9)19-11(13)14/h4-7,11H,2-3,8,15H2,1H3,(H2,16,17,18). The average Bonchev–Trinajstić information content (AvgIpc) is 2.39. The molecule has 0 aliphatic carbocycles. The molecule has 0 saturated carbocycles. The van der Waals surface area contributed by atoms with Crippen LogP contribution in [0.5, 0.6) is 5.75 Å². The molecule has 1 rings (SSSR count). The molecule has 0 bridgehead atoms. The molecule has 0 aliphatic heterocycles.